The normalized spacial score (nSPS) is 19.2. The lowest BCUT2D eigenvalue weighted by Crippen LogP contribution is -2.24. The Bertz CT molecular complexity index is 553. The van der Waals surface area contributed by atoms with Crippen LogP contribution < -0.4 is 0 Å². The molecule has 0 bridgehead atoms. The summed E-state index contributed by atoms with van der Waals surface area (Å²) in [5.74, 6) is 0. The summed E-state index contributed by atoms with van der Waals surface area (Å²) in [7, 11) is 0. The first-order chi connectivity index (χ1) is 16.3. The summed E-state index contributed by atoms with van der Waals surface area (Å²) < 4.78 is 17.7. The molecule has 1 aromatic rings. The molecule has 0 aromatic heterocycles. The van der Waals surface area contributed by atoms with E-state index in [1.54, 1.807) is 0 Å². The molecule has 0 N–H and O–H groups in total. The first kappa shape index (κ1) is 28.8. The molecule has 0 radical (unpaired) electrons. The second-order valence-corrected chi connectivity index (χ2v) is 10.9. The van der Waals surface area contributed by atoms with E-state index in [9.17, 15) is 0 Å². The Morgan fingerprint density at radius 2 is 1.36 bits per heavy atom. The molecule has 33 heavy (non-hydrogen) atoms. The van der Waals surface area contributed by atoms with Crippen molar-refractivity contribution >= 4 is 15.9 Å². The van der Waals surface area contributed by atoms with Crippen LogP contribution in [-0.4, -0.2) is 30.4 Å². The van der Waals surface area contributed by atoms with Crippen LogP contribution in [0, 0.1) is 0 Å². The molecule has 1 saturated heterocycles. The molecule has 1 aliphatic heterocycles. The van der Waals surface area contributed by atoms with Gasteiger partial charge in [0.1, 0.15) is 6.10 Å². The van der Waals surface area contributed by atoms with Crippen LogP contribution >= 0.6 is 15.9 Å². The minimum Gasteiger partial charge on any atom is -0.374 e. The van der Waals surface area contributed by atoms with Gasteiger partial charge in [-0.15, -0.1) is 0 Å². The topological polar surface area (TPSA) is 27.7 Å². The van der Waals surface area contributed by atoms with Gasteiger partial charge >= 0.3 is 0 Å². The van der Waals surface area contributed by atoms with E-state index >= 15 is 0 Å². The standard InChI is InChI=1S/C29H49BrO3/c1-2-3-4-5-6-7-8-9-10-11-12-13-14-15-19-22-28(30)29-32-25-27(33-29)24-31-23-26-20-17-16-18-21-26/h16-18,20-21,27-29H,2-15,19,22-25H2,1H3/t27-,28?,29?/m1/s1. The first-order valence-corrected chi connectivity index (χ1v) is 14.7. The molecule has 3 atom stereocenters. The maximum absolute atomic E-state index is 6.04. The van der Waals surface area contributed by atoms with Crippen LogP contribution in [0.25, 0.3) is 0 Å². The predicted octanol–water partition coefficient (Wildman–Crippen LogP) is 8.97. The summed E-state index contributed by atoms with van der Waals surface area (Å²) in [5.41, 5.74) is 1.19. The van der Waals surface area contributed by atoms with E-state index in [4.69, 9.17) is 14.2 Å². The van der Waals surface area contributed by atoms with E-state index in [1.807, 2.05) is 18.2 Å². The Morgan fingerprint density at radius 1 is 0.818 bits per heavy atom. The minimum absolute atomic E-state index is 0.0415. The number of unbranched alkanes of at least 4 members (excludes halogenated alkanes) is 14. The fourth-order valence-corrected chi connectivity index (χ4v) is 5.08. The number of hydrogen-bond acceptors (Lipinski definition) is 3. The third kappa shape index (κ3) is 14.5. The first-order valence-electron chi connectivity index (χ1n) is 13.8. The zero-order chi connectivity index (χ0) is 23.4. The molecule has 0 amide bonds. The zero-order valence-electron chi connectivity index (χ0n) is 21.2. The molecule has 3 nitrogen and oxygen atoms in total. The molecule has 2 unspecified atom stereocenters. The van der Waals surface area contributed by atoms with Crippen molar-refractivity contribution in [2.45, 2.75) is 133 Å². The fourth-order valence-electron chi connectivity index (χ4n) is 4.48. The van der Waals surface area contributed by atoms with Crippen molar-refractivity contribution in [3.8, 4) is 0 Å². The van der Waals surface area contributed by atoms with E-state index in [0.717, 1.165) is 6.42 Å². The number of benzene rings is 1. The average molecular weight is 526 g/mol. The molecule has 1 heterocycles. The van der Waals surface area contributed by atoms with Crippen molar-refractivity contribution in [2.24, 2.45) is 0 Å². The molecule has 1 aliphatic rings. The predicted molar refractivity (Wildman–Crippen MR) is 143 cm³/mol. The quantitative estimate of drug-likeness (QED) is 0.118. The SMILES string of the molecule is CCCCCCCCCCCCCCCCCC(Br)C1OC[C@@H](COCc2ccccc2)O1. The zero-order valence-corrected chi connectivity index (χ0v) is 22.7. The van der Waals surface area contributed by atoms with Crippen molar-refractivity contribution in [3.63, 3.8) is 0 Å². The summed E-state index contributed by atoms with van der Waals surface area (Å²) in [6.07, 6.45) is 22.1. The summed E-state index contributed by atoms with van der Waals surface area (Å²) in [6.45, 7) is 4.13. The molecular weight excluding hydrogens is 476 g/mol. The van der Waals surface area contributed by atoms with Gasteiger partial charge in [0.05, 0.1) is 24.6 Å². The van der Waals surface area contributed by atoms with Gasteiger partial charge in [-0.2, -0.15) is 0 Å². The molecule has 0 aliphatic carbocycles. The van der Waals surface area contributed by atoms with E-state index in [0.29, 0.717) is 19.8 Å². The third-order valence-electron chi connectivity index (χ3n) is 6.57. The van der Waals surface area contributed by atoms with E-state index in [2.05, 4.69) is 35.0 Å². The molecule has 1 aromatic carbocycles. The highest BCUT2D eigenvalue weighted by Gasteiger charge is 2.31. The lowest BCUT2D eigenvalue weighted by molar-refractivity contribution is -0.0722. The summed E-state index contributed by atoms with van der Waals surface area (Å²) >= 11 is 3.79. The van der Waals surface area contributed by atoms with E-state index in [-0.39, 0.29) is 17.2 Å². The number of rotatable bonds is 21. The van der Waals surface area contributed by atoms with Crippen molar-refractivity contribution in [2.75, 3.05) is 13.2 Å². The highest BCUT2D eigenvalue weighted by Crippen LogP contribution is 2.25. The smallest absolute Gasteiger partial charge is 0.170 e. The Kier molecular flexibility index (Phi) is 17.3. The maximum Gasteiger partial charge on any atom is 0.170 e. The Hall–Kier alpha value is -0.420. The van der Waals surface area contributed by atoms with Gasteiger partial charge in [0.2, 0.25) is 0 Å². The van der Waals surface area contributed by atoms with E-state index < -0.39 is 0 Å². The maximum atomic E-state index is 6.04. The van der Waals surface area contributed by atoms with Gasteiger partial charge in [-0.25, -0.2) is 0 Å². The molecule has 190 valence electrons. The monoisotopic (exact) mass is 524 g/mol. The second-order valence-electron chi connectivity index (χ2n) is 9.71. The number of halogens is 1. The Balaban J connectivity index is 1.34. The minimum atomic E-state index is -0.137. The molecule has 1 fully saturated rings. The third-order valence-corrected chi connectivity index (χ3v) is 7.46. The van der Waals surface area contributed by atoms with Gasteiger partial charge in [-0.1, -0.05) is 149 Å². The lowest BCUT2D eigenvalue weighted by atomic mass is 10.0. The number of ether oxygens (including phenoxy) is 3. The van der Waals surface area contributed by atoms with Gasteiger partial charge < -0.3 is 14.2 Å². The largest absolute Gasteiger partial charge is 0.374 e. The number of hydrogen-bond donors (Lipinski definition) is 0. The van der Waals surface area contributed by atoms with Gasteiger partial charge in [-0.3, -0.25) is 0 Å². The second kappa shape index (κ2) is 19.8. The summed E-state index contributed by atoms with van der Waals surface area (Å²) in [6, 6.07) is 10.3. The fraction of sp³-hybridized carbons (Fsp3) is 0.793. The van der Waals surface area contributed by atoms with Crippen LogP contribution in [-0.2, 0) is 20.8 Å². The van der Waals surface area contributed by atoms with Crippen molar-refractivity contribution < 1.29 is 14.2 Å². The van der Waals surface area contributed by atoms with Crippen LogP contribution in [0.2, 0.25) is 0 Å². The summed E-state index contributed by atoms with van der Waals surface area (Å²) in [4.78, 5) is 0.276. The molecule has 0 spiro atoms. The molecule has 2 rings (SSSR count). The van der Waals surface area contributed by atoms with Gasteiger partial charge in [0, 0.05) is 0 Å². The number of alkyl halides is 1. The van der Waals surface area contributed by atoms with Crippen LogP contribution in [0.4, 0.5) is 0 Å². The van der Waals surface area contributed by atoms with Crippen molar-refractivity contribution in [1.29, 1.82) is 0 Å². The molecular formula is C29H49BrO3. The Morgan fingerprint density at radius 3 is 1.94 bits per heavy atom. The van der Waals surface area contributed by atoms with Crippen molar-refractivity contribution in [1.82, 2.24) is 0 Å². The Labute approximate surface area is 212 Å². The van der Waals surface area contributed by atoms with Crippen molar-refractivity contribution in [3.05, 3.63) is 35.9 Å². The van der Waals surface area contributed by atoms with Crippen LogP contribution in [0.3, 0.4) is 0 Å². The molecule has 0 saturated carbocycles. The summed E-state index contributed by atoms with van der Waals surface area (Å²) in [5, 5.41) is 0. The van der Waals surface area contributed by atoms with E-state index in [1.165, 1.54) is 102 Å². The highest BCUT2D eigenvalue weighted by atomic mass is 79.9. The van der Waals surface area contributed by atoms with Crippen LogP contribution in [0.5, 0.6) is 0 Å². The van der Waals surface area contributed by atoms with Gasteiger partial charge in [0.15, 0.2) is 6.29 Å². The average Bonchev–Trinajstić information content (AvgIpc) is 3.31. The van der Waals surface area contributed by atoms with Crippen LogP contribution in [0.1, 0.15) is 115 Å². The highest BCUT2D eigenvalue weighted by molar-refractivity contribution is 9.09. The van der Waals surface area contributed by atoms with Gasteiger partial charge in [0.25, 0.3) is 0 Å². The lowest BCUT2D eigenvalue weighted by Gasteiger charge is -2.17. The van der Waals surface area contributed by atoms with Crippen LogP contribution in [0.15, 0.2) is 30.3 Å². The van der Waals surface area contributed by atoms with Gasteiger partial charge in [-0.05, 0) is 12.0 Å². The molecule has 4 heteroatoms.